The zero-order chi connectivity index (χ0) is 14.5. The number of alkyl halides is 2. The fourth-order valence-corrected chi connectivity index (χ4v) is 2.77. The second-order valence-electron chi connectivity index (χ2n) is 5.16. The Morgan fingerprint density at radius 2 is 1.95 bits per heavy atom. The van der Waals surface area contributed by atoms with Crippen LogP contribution in [0.25, 0.3) is 0 Å². The highest BCUT2D eigenvalue weighted by Gasteiger charge is 2.25. The van der Waals surface area contributed by atoms with Gasteiger partial charge in [-0.3, -0.25) is 4.90 Å². The van der Waals surface area contributed by atoms with Gasteiger partial charge in [-0.2, -0.15) is 0 Å². The van der Waals surface area contributed by atoms with Crippen LogP contribution in [0.2, 0.25) is 0 Å². The number of piperazine rings is 1. The molecule has 0 amide bonds. The lowest BCUT2D eigenvalue weighted by Crippen LogP contribution is -2.45. The van der Waals surface area contributed by atoms with E-state index in [1.54, 1.807) is 7.11 Å². The smallest absolute Gasteiger partial charge is 0.240 e. The molecule has 0 bridgehead atoms. The van der Waals surface area contributed by atoms with Gasteiger partial charge < -0.3 is 10.1 Å². The first-order chi connectivity index (χ1) is 9.61. The number of benzene rings is 1. The quantitative estimate of drug-likeness (QED) is 0.902. The molecule has 0 aliphatic carbocycles. The van der Waals surface area contributed by atoms with Gasteiger partial charge in [0, 0.05) is 38.6 Å². The summed E-state index contributed by atoms with van der Waals surface area (Å²) >= 11 is 0. The Kier molecular flexibility index (Phi) is 7.35. The van der Waals surface area contributed by atoms with Crippen LogP contribution in [0, 0.1) is 6.92 Å². The molecule has 0 radical (unpaired) electrons. The molecule has 120 valence electrons. The predicted molar refractivity (Wildman–Crippen MR) is 82.8 cm³/mol. The van der Waals surface area contributed by atoms with Crippen LogP contribution in [0.1, 0.15) is 23.6 Å². The highest BCUT2D eigenvalue weighted by atomic mass is 35.5. The van der Waals surface area contributed by atoms with E-state index in [9.17, 15) is 8.78 Å². The van der Waals surface area contributed by atoms with Crippen LogP contribution in [0.5, 0.6) is 5.75 Å². The zero-order valence-corrected chi connectivity index (χ0v) is 13.3. The zero-order valence-electron chi connectivity index (χ0n) is 12.4. The van der Waals surface area contributed by atoms with Crippen LogP contribution in [-0.2, 0) is 0 Å². The van der Waals surface area contributed by atoms with E-state index in [4.69, 9.17) is 4.74 Å². The van der Waals surface area contributed by atoms with Crippen molar-refractivity contribution in [3.63, 3.8) is 0 Å². The van der Waals surface area contributed by atoms with Crippen LogP contribution in [-0.4, -0.2) is 44.6 Å². The molecule has 2 rings (SSSR count). The second kappa shape index (κ2) is 8.51. The number of rotatable bonds is 5. The van der Waals surface area contributed by atoms with Gasteiger partial charge in [0.1, 0.15) is 5.75 Å². The lowest BCUT2D eigenvalue weighted by molar-refractivity contribution is 0.0739. The number of hydrogen-bond acceptors (Lipinski definition) is 3. The van der Waals surface area contributed by atoms with Crippen molar-refractivity contribution >= 4 is 12.4 Å². The van der Waals surface area contributed by atoms with E-state index < -0.39 is 6.43 Å². The average molecular weight is 321 g/mol. The van der Waals surface area contributed by atoms with E-state index in [-0.39, 0.29) is 24.9 Å². The van der Waals surface area contributed by atoms with Gasteiger partial charge >= 0.3 is 0 Å². The van der Waals surface area contributed by atoms with E-state index in [1.807, 2.05) is 25.1 Å². The first-order valence-electron chi connectivity index (χ1n) is 6.99. The Labute approximate surface area is 131 Å². The number of methoxy groups -OCH3 is 1. The van der Waals surface area contributed by atoms with Crippen LogP contribution >= 0.6 is 12.4 Å². The maximum atomic E-state index is 12.9. The molecule has 1 aromatic carbocycles. The molecule has 1 N–H and O–H groups in total. The third kappa shape index (κ3) is 4.80. The van der Waals surface area contributed by atoms with E-state index in [1.165, 1.54) is 0 Å². The number of nitrogens with zero attached hydrogens (tertiary/aromatic N) is 1. The summed E-state index contributed by atoms with van der Waals surface area (Å²) in [6, 6.07) is 5.52. The van der Waals surface area contributed by atoms with E-state index in [2.05, 4.69) is 10.2 Å². The summed E-state index contributed by atoms with van der Waals surface area (Å²) in [5.41, 5.74) is 1.94. The van der Waals surface area contributed by atoms with Gasteiger partial charge in [-0.1, -0.05) is 12.1 Å². The van der Waals surface area contributed by atoms with Crippen LogP contribution in [0.15, 0.2) is 18.2 Å². The average Bonchev–Trinajstić information content (AvgIpc) is 2.45. The predicted octanol–water partition coefficient (Wildman–Crippen LogP) is 3.03. The lowest BCUT2D eigenvalue weighted by Gasteiger charge is -2.35. The monoisotopic (exact) mass is 320 g/mol. The fraction of sp³-hybridized carbons (Fsp3) is 0.600. The molecular formula is C15H23ClF2N2O. The molecule has 0 spiro atoms. The molecule has 1 heterocycles. The molecule has 0 saturated carbocycles. The molecular weight excluding hydrogens is 298 g/mol. The Bertz CT molecular complexity index is 440. The normalized spacial score (nSPS) is 17.4. The van der Waals surface area contributed by atoms with Gasteiger partial charge in [0.25, 0.3) is 0 Å². The van der Waals surface area contributed by atoms with E-state index in [0.717, 1.165) is 43.1 Å². The summed E-state index contributed by atoms with van der Waals surface area (Å²) in [6.45, 7) is 5.27. The topological polar surface area (TPSA) is 24.5 Å². The highest BCUT2D eigenvalue weighted by Crippen LogP contribution is 2.30. The van der Waals surface area contributed by atoms with E-state index >= 15 is 0 Å². The minimum Gasteiger partial charge on any atom is -0.496 e. The SMILES string of the molecule is COc1ccc([C@H](CC(F)F)N2CCNCC2)cc1C.Cl. The third-order valence-electron chi connectivity index (χ3n) is 3.80. The summed E-state index contributed by atoms with van der Waals surface area (Å²) in [4.78, 5) is 2.14. The van der Waals surface area contributed by atoms with E-state index in [0.29, 0.717) is 0 Å². The molecule has 0 aromatic heterocycles. The van der Waals surface area contributed by atoms with Crippen molar-refractivity contribution in [2.24, 2.45) is 0 Å². The van der Waals surface area contributed by atoms with Crippen molar-refractivity contribution in [1.29, 1.82) is 0 Å². The van der Waals surface area contributed by atoms with Crippen molar-refractivity contribution in [2.45, 2.75) is 25.8 Å². The van der Waals surface area contributed by atoms with Crippen LogP contribution in [0.4, 0.5) is 8.78 Å². The summed E-state index contributed by atoms with van der Waals surface area (Å²) in [5, 5.41) is 3.25. The molecule has 0 unspecified atom stereocenters. The number of aryl methyl sites for hydroxylation is 1. The first kappa shape index (κ1) is 18.1. The Morgan fingerprint density at radius 3 is 2.48 bits per heavy atom. The summed E-state index contributed by atoms with van der Waals surface area (Å²) in [7, 11) is 1.62. The minimum absolute atomic E-state index is 0. The molecule has 1 aromatic rings. The maximum Gasteiger partial charge on any atom is 0.240 e. The van der Waals surface area contributed by atoms with Gasteiger partial charge in [0.2, 0.25) is 6.43 Å². The summed E-state index contributed by atoms with van der Waals surface area (Å²) in [6.07, 6.45) is -2.41. The maximum absolute atomic E-state index is 12.9. The van der Waals surface area contributed by atoms with Gasteiger partial charge in [-0.15, -0.1) is 12.4 Å². The first-order valence-corrected chi connectivity index (χ1v) is 6.99. The third-order valence-corrected chi connectivity index (χ3v) is 3.80. The van der Waals surface area contributed by atoms with Crippen molar-refractivity contribution < 1.29 is 13.5 Å². The van der Waals surface area contributed by atoms with Gasteiger partial charge in [0.15, 0.2) is 0 Å². The van der Waals surface area contributed by atoms with Crippen LogP contribution < -0.4 is 10.1 Å². The fourth-order valence-electron chi connectivity index (χ4n) is 2.77. The minimum atomic E-state index is -2.29. The van der Waals surface area contributed by atoms with Crippen molar-refractivity contribution in [2.75, 3.05) is 33.3 Å². The number of hydrogen-bond donors (Lipinski definition) is 1. The Balaban J connectivity index is 0.00000220. The molecule has 1 atom stereocenters. The largest absolute Gasteiger partial charge is 0.496 e. The van der Waals surface area contributed by atoms with Crippen molar-refractivity contribution in [3.8, 4) is 5.75 Å². The summed E-state index contributed by atoms with van der Waals surface area (Å²) in [5.74, 6) is 0.796. The van der Waals surface area contributed by atoms with Crippen molar-refractivity contribution in [3.05, 3.63) is 29.3 Å². The second-order valence-corrected chi connectivity index (χ2v) is 5.16. The summed E-state index contributed by atoms with van der Waals surface area (Å²) < 4.78 is 31.0. The number of ether oxygens (including phenoxy) is 1. The Hall–Kier alpha value is -0.910. The number of nitrogens with one attached hydrogen (secondary N) is 1. The molecule has 3 nitrogen and oxygen atoms in total. The molecule has 1 aliphatic rings. The van der Waals surface area contributed by atoms with Gasteiger partial charge in [-0.25, -0.2) is 8.78 Å². The molecule has 1 aliphatic heterocycles. The van der Waals surface area contributed by atoms with Crippen LogP contribution in [0.3, 0.4) is 0 Å². The Morgan fingerprint density at radius 1 is 1.29 bits per heavy atom. The molecule has 6 heteroatoms. The molecule has 21 heavy (non-hydrogen) atoms. The van der Waals surface area contributed by atoms with Gasteiger partial charge in [-0.05, 0) is 24.1 Å². The van der Waals surface area contributed by atoms with Crippen molar-refractivity contribution in [1.82, 2.24) is 10.2 Å². The van der Waals surface area contributed by atoms with Gasteiger partial charge in [0.05, 0.1) is 7.11 Å². The lowest BCUT2D eigenvalue weighted by atomic mass is 9.99. The molecule has 1 saturated heterocycles. The molecule has 1 fully saturated rings. The standard InChI is InChI=1S/C15H22F2N2O.ClH/c1-11-9-12(3-4-14(11)20-2)13(10-15(16)17)19-7-5-18-6-8-19;/h3-4,9,13,15,18H,5-8,10H2,1-2H3;1H/t13-;/m0./s1. The highest BCUT2D eigenvalue weighted by molar-refractivity contribution is 5.85. The number of halogens is 3.